The summed E-state index contributed by atoms with van der Waals surface area (Å²) >= 11 is 0. The van der Waals surface area contributed by atoms with Crippen molar-refractivity contribution in [3.63, 3.8) is 0 Å². The Kier molecular flexibility index (Phi) is 7.49. The molecule has 3 aromatic carbocycles. The number of halogens is 1. The zero-order valence-electron chi connectivity index (χ0n) is 20.4. The molecule has 1 heterocycles. The first-order chi connectivity index (χ1) is 16.9. The number of fused-ring (bicyclic) bond motifs is 1. The van der Waals surface area contributed by atoms with Gasteiger partial charge < -0.3 is 15.0 Å². The van der Waals surface area contributed by atoms with E-state index in [9.17, 15) is 14.0 Å². The van der Waals surface area contributed by atoms with Gasteiger partial charge in [-0.25, -0.2) is 4.39 Å². The van der Waals surface area contributed by atoms with Crippen LogP contribution in [0.25, 0.3) is 0 Å². The number of rotatable bonds is 7. The maximum Gasteiger partial charge on any atom is 0.265 e. The molecule has 2 unspecified atom stereocenters. The number of hydrogen-bond acceptors (Lipinski definition) is 3. The molecule has 2 atom stereocenters. The van der Waals surface area contributed by atoms with Crippen LogP contribution in [0, 0.1) is 12.7 Å². The Morgan fingerprint density at radius 1 is 1.06 bits per heavy atom. The smallest absolute Gasteiger partial charge is 0.265 e. The average Bonchev–Trinajstić information content (AvgIpc) is 2.87. The molecule has 0 bridgehead atoms. The largest absolute Gasteiger partial charge is 0.481 e. The minimum absolute atomic E-state index is 0.109. The number of anilines is 1. The van der Waals surface area contributed by atoms with Crippen LogP contribution in [0.2, 0.25) is 0 Å². The molecule has 0 aliphatic carbocycles. The van der Waals surface area contributed by atoms with Crippen molar-refractivity contribution >= 4 is 17.5 Å². The molecule has 6 heteroatoms. The molecule has 0 saturated heterocycles. The molecule has 182 valence electrons. The molecule has 1 N–H and O–H groups in total. The lowest BCUT2D eigenvalue weighted by Gasteiger charge is -2.38. The van der Waals surface area contributed by atoms with Gasteiger partial charge in [-0.3, -0.25) is 9.59 Å². The number of hydrogen-bond donors (Lipinski definition) is 1. The van der Waals surface area contributed by atoms with Gasteiger partial charge in [0.25, 0.3) is 5.91 Å². The lowest BCUT2D eigenvalue weighted by atomic mass is 9.87. The number of carbonyl (C=O) groups excluding carboxylic acids is 2. The number of nitrogens with one attached hydrogen (secondary N) is 1. The topological polar surface area (TPSA) is 58.6 Å². The van der Waals surface area contributed by atoms with Crippen LogP contribution in [-0.2, 0) is 16.0 Å². The molecular formula is C29H31FN2O3. The number of carbonyl (C=O) groups is 2. The Morgan fingerprint density at radius 3 is 2.43 bits per heavy atom. The maximum atomic E-state index is 13.2. The van der Waals surface area contributed by atoms with Gasteiger partial charge in [-0.15, -0.1) is 0 Å². The lowest BCUT2D eigenvalue weighted by molar-refractivity contribution is -0.133. The highest BCUT2D eigenvalue weighted by atomic mass is 19.1. The van der Waals surface area contributed by atoms with Gasteiger partial charge in [0.15, 0.2) is 6.10 Å². The van der Waals surface area contributed by atoms with Crippen LogP contribution in [0.4, 0.5) is 10.1 Å². The monoisotopic (exact) mass is 474 g/mol. The van der Waals surface area contributed by atoms with Gasteiger partial charge in [-0.05, 0) is 72.9 Å². The van der Waals surface area contributed by atoms with Crippen molar-refractivity contribution in [3.8, 4) is 5.75 Å². The zero-order valence-corrected chi connectivity index (χ0v) is 20.4. The predicted molar refractivity (Wildman–Crippen MR) is 135 cm³/mol. The van der Waals surface area contributed by atoms with E-state index in [4.69, 9.17) is 4.74 Å². The Balaban J connectivity index is 1.61. The number of amides is 2. The fourth-order valence-corrected chi connectivity index (χ4v) is 4.49. The van der Waals surface area contributed by atoms with E-state index in [0.29, 0.717) is 30.8 Å². The summed E-state index contributed by atoms with van der Waals surface area (Å²) in [5, 5.41) is 2.79. The summed E-state index contributed by atoms with van der Waals surface area (Å²) < 4.78 is 19.3. The molecule has 0 spiro atoms. The van der Waals surface area contributed by atoms with Gasteiger partial charge in [0.1, 0.15) is 11.6 Å². The molecule has 4 rings (SSSR count). The molecule has 0 radical (unpaired) electrons. The number of nitrogens with zero attached hydrogens (tertiary/aromatic N) is 1. The van der Waals surface area contributed by atoms with Gasteiger partial charge in [0.05, 0.1) is 6.04 Å². The summed E-state index contributed by atoms with van der Waals surface area (Å²) in [7, 11) is 0. The van der Waals surface area contributed by atoms with Crippen LogP contribution in [0.5, 0.6) is 5.75 Å². The molecule has 0 aromatic heterocycles. The molecule has 5 nitrogen and oxygen atoms in total. The SMILES string of the molecule is CCC(=O)N1CCc2ccc(OC(CC)C(=O)Nc3ccc(F)cc3)cc2C1c1ccc(C)cc1. The highest BCUT2D eigenvalue weighted by Crippen LogP contribution is 2.38. The number of ether oxygens (including phenoxy) is 1. The van der Waals surface area contributed by atoms with Crippen molar-refractivity contribution < 1.29 is 18.7 Å². The van der Waals surface area contributed by atoms with Gasteiger partial charge in [-0.2, -0.15) is 0 Å². The van der Waals surface area contributed by atoms with Crippen molar-refractivity contribution in [1.82, 2.24) is 4.90 Å². The van der Waals surface area contributed by atoms with Crippen LogP contribution in [0.3, 0.4) is 0 Å². The third-order valence-electron chi connectivity index (χ3n) is 6.41. The van der Waals surface area contributed by atoms with Gasteiger partial charge in [-0.1, -0.05) is 49.7 Å². The van der Waals surface area contributed by atoms with Gasteiger partial charge in [0.2, 0.25) is 5.91 Å². The van der Waals surface area contributed by atoms with Crippen LogP contribution < -0.4 is 10.1 Å². The Bertz CT molecular complexity index is 1190. The average molecular weight is 475 g/mol. The Hall–Kier alpha value is -3.67. The van der Waals surface area contributed by atoms with Crippen LogP contribution in [-0.4, -0.2) is 29.4 Å². The standard InChI is InChI=1S/C29H31FN2O3/c1-4-26(29(34)31-23-13-11-22(30)12-14-23)35-24-15-10-20-16-17-32(27(33)5-2)28(25(20)18-24)21-8-6-19(3)7-9-21/h6-15,18,26,28H,4-5,16-17H2,1-3H3,(H,31,34). The van der Waals surface area contributed by atoms with Crippen LogP contribution in [0.1, 0.15) is 55.0 Å². The second kappa shape index (κ2) is 10.7. The second-order valence-electron chi connectivity index (χ2n) is 8.88. The molecular weight excluding hydrogens is 443 g/mol. The van der Waals surface area contributed by atoms with Crippen LogP contribution in [0.15, 0.2) is 66.7 Å². The maximum absolute atomic E-state index is 13.2. The minimum atomic E-state index is -0.715. The minimum Gasteiger partial charge on any atom is -0.481 e. The van der Waals surface area contributed by atoms with E-state index in [1.165, 1.54) is 29.8 Å². The molecule has 3 aromatic rings. The molecule has 1 aliphatic rings. The first-order valence-electron chi connectivity index (χ1n) is 12.1. The first kappa shape index (κ1) is 24.5. The highest BCUT2D eigenvalue weighted by Gasteiger charge is 2.32. The molecule has 0 fully saturated rings. The van der Waals surface area contributed by atoms with E-state index < -0.39 is 6.10 Å². The Morgan fingerprint density at radius 2 is 1.77 bits per heavy atom. The van der Waals surface area contributed by atoms with Crippen molar-refractivity contribution in [2.45, 2.75) is 52.2 Å². The zero-order chi connectivity index (χ0) is 24.9. The summed E-state index contributed by atoms with van der Waals surface area (Å²) in [5.41, 5.74) is 4.92. The van der Waals surface area contributed by atoms with E-state index in [0.717, 1.165) is 23.1 Å². The van der Waals surface area contributed by atoms with E-state index in [-0.39, 0.29) is 23.7 Å². The van der Waals surface area contributed by atoms with Crippen molar-refractivity contribution in [2.24, 2.45) is 0 Å². The molecule has 2 amide bonds. The summed E-state index contributed by atoms with van der Waals surface area (Å²) in [5.74, 6) is 0.0270. The van der Waals surface area contributed by atoms with Crippen molar-refractivity contribution in [1.29, 1.82) is 0 Å². The third-order valence-corrected chi connectivity index (χ3v) is 6.41. The molecule has 1 aliphatic heterocycles. The van der Waals surface area contributed by atoms with E-state index in [2.05, 4.69) is 29.6 Å². The highest BCUT2D eigenvalue weighted by molar-refractivity contribution is 5.94. The molecule has 0 saturated carbocycles. The number of aryl methyl sites for hydroxylation is 1. The van der Waals surface area contributed by atoms with Crippen LogP contribution >= 0.6 is 0 Å². The summed E-state index contributed by atoms with van der Waals surface area (Å²) in [6.07, 6.45) is 0.959. The van der Waals surface area contributed by atoms with E-state index in [1.807, 2.05) is 43.9 Å². The summed E-state index contributed by atoms with van der Waals surface area (Å²) in [6, 6.07) is 19.6. The lowest BCUT2D eigenvalue weighted by Crippen LogP contribution is -2.40. The normalized spacial score (nSPS) is 15.8. The van der Waals surface area contributed by atoms with Gasteiger partial charge in [0, 0.05) is 18.7 Å². The first-order valence-corrected chi connectivity index (χ1v) is 12.1. The van der Waals surface area contributed by atoms with Gasteiger partial charge >= 0.3 is 0 Å². The predicted octanol–water partition coefficient (Wildman–Crippen LogP) is 5.81. The summed E-state index contributed by atoms with van der Waals surface area (Å²) in [6.45, 7) is 6.47. The fourth-order valence-electron chi connectivity index (χ4n) is 4.49. The fraction of sp³-hybridized carbons (Fsp3) is 0.310. The summed E-state index contributed by atoms with van der Waals surface area (Å²) in [4.78, 5) is 27.6. The van der Waals surface area contributed by atoms with Crippen molar-refractivity contribution in [2.75, 3.05) is 11.9 Å². The Labute approximate surface area is 205 Å². The van der Waals surface area contributed by atoms with E-state index in [1.54, 1.807) is 0 Å². The van der Waals surface area contributed by atoms with Crippen molar-refractivity contribution in [3.05, 3.63) is 94.8 Å². The second-order valence-corrected chi connectivity index (χ2v) is 8.88. The number of benzene rings is 3. The quantitative estimate of drug-likeness (QED) is 0.470. The van der Waals surface area contributed by atoms with E-state index >= 15 is 0 Å². The third kappa shape index (κ3) is 5.53. The molecule has 35 heavy (non-hydrogen) atoms.